The van der Waals surface area contributed by atoms with Crippen LogP contribution in [0.5, 0.6) is 0 Å². The molecule has 2 heterocycles. The van der Waals surface area contributed by atoms with E-state index < -0.39 is 18.0 Å². The number of benzene rings is 1. The number of aryl methyl sites for hydroxylation is 1. The number of amides is 1. The van der Waals surface area contributed by atoms with Gasteiger partial charge >= 0.3 is 5.97 Å². The molecule has 8 heteroatoms. The fraction of sp³-hybridized carbons (Fsp3) is 0.217. The molecule has 31 heavy (non-hydrogen) atoms. The van der Waals surface area contributed by atoms with Gasteiger partial charge in [-0.05, 0) is 48.1 Å². The molecule has 1 aromatic carbocycles. The van der Waals surface area contributed by atoms with Gasteiger partial charge in [0.1, 0.15) is 16.2 Å². The minimum Gasteiger partial charge on any atom is -0.449 e. The molecular weight excluding hydrogens is 434 g/mol. The van der Waals surface area contributed by atoms with Crippen LogP contribution in [0, 0.1) is 11.3 Å². The SMILES string of the molecule is CCC(OC(=O)c1ccnc(Cl)c1)C(=O)Nc1sc2c(c1C#N)CCc1ccccc1-2. The Bertz CT molecular complexity index is 1220. The van der Waals surface area contributed by atoms with E-state index in [0.29, 0.717) is 10.6 Å². The Morgan fingerprint density at radius 3 is 2.87 bits per heavy atom. The van der Waals surface area contributed by atoms with Crippen LogP contribution in [0.15, 0.2) is 42.6 Å². The van der Waals surface area contributed by atoms with Crippen LogP contribution >= 0.6 is 22.9 Å². The molecule has 1 N–H and O–H groups in total. The zero-order valence-electron chi connectivity index (χ0n) is 16.6. The lowest BCUT2D eigenvalue weighted by molar-refractivity contribution is -0.124. The summed E-state index contributed by atoms with van der Waals surface area (Å²) in [7, 11) is 0. The van der Waals surface area contributed by atoms with Gasteiger partial charge in [-0.1, -0.05) is 42.8 Å². The maximum absolute atomic E-state index is 12.9. The molecule has 0 radical (unpaired) electrons. The summed E-state index contributed by atoms with van der Waals surface area (Å²) in [6, 6.07) is 13.2. The lowest BCUT2D eigenvalue weighted by atomic mass is 9.90. The molecular formula is C23H18ClN3O3S. The molecule has 1 amide bonds. The van der Waals surface area contributed by atoms with E-state index >= 15 is 0 Å². The third-order valence-corrected chi connectivity index (χ3v) is 6.52. The minimum atomic E-state index is -1.00. The number of anilines is 1. The number of ether oxygens (including phenoxy) is 1. The number of rotatable bonds is 5. The van der Waals surface area contributed by atoms with Crippen LogP contribution in [0.3, 0.4) is 0 Å². The number of carbonyl (C=O) groups excluding carboxylic acids is 2. The standard InChI is InChI=1S/C23H18ClN3O3S/c1-2-18(30-23(29)14-9-10-26-19(24)11-14)21(28)27-22-17(12-25)16-8-7-13-5-3-4-6-15(13)20(16)31-22/h3-6,9-11,18H,2,7-8H2,1H3,(H,27,28). The highest BCUT2D eigenvalue weighted by Crippen LogP contribution is 2.44. The number of halogens is 1. The van der Waals surface area contributed by atoms with E-state index in [0.717, 1.165) is 28.8 Å². The minimum absolute atomic E-state index is 0.162. The summed E-state index contributed by atoms with van der Waals surface area (Å²) in [5.74, 6) is -1.13. The Morgan fingerprint density at radius 2 is 2.13 bits per heavy atom. The molecule has 1 aliphatic rings. The predicted octanol–water partition coefficient (Wildman–Crippen LogP) is 5.01. The molecule has 0 bridgehead atoms. The number of nitrogens with one attached hydrogen (secondary N) is 1. The first-order chi connectivity index (χ1) is 15.0. The van der Waals surface area contributed by atoms with Gasteiger partial charge in [0.2, 0.25) is 0 Å². The summed E-state index contributed by atoms with van der Waals surface area (Å²) in [5, 5.41) is 13.2. The first kappa shape index (κ1) is 21.0. The molecule has 156 valence electrons. The van der Waals surface area contributed by atoms with Crippen LogP contribution in [0.25, 0.3) is 10.4 Å². The Morgan fingerprint density at radius 1 is 1.32 bits per heavy atom. The summed E-state index contributed by atoms with van der Waals surface area (Å²) in [4.78, 5) is 30.1. The van der Waals surface area contributed by atoms with E-state index in [4.69, 9.17) is 16.3 Å². The van der Waals surface area contributed by atoms with Gasteiger partial charge in [-0.25, -0.2) is 9.78 Å². The molecule has 6 nitrogen and oxygen atoms in total. The summed E-state index contributed by atoms with van der Waals surface area (Å²) >= 11 is 7.20. The molecule has 0 aliphatic heterocycles. The topological polar surface area (TPSA) is 92.1 Å². The van der Waals surface area contributed by atoms with Crippen molar-refractivity contribution in [2.24, 2.45) is 0 Å². The van der Waals surface area contributed by atoms with Crippen molar-refractivity contribution >= 4 is 39.8 Å². The molecule has 1 atom stereocenters. The molecule has 3 aromatic rings. The number of hydrogen-bond acceptors (Lipinski definition) is 6. The van der Waals surface area contributed by atoms with Gasteiger partial charge in [-0.3, -0.25) is 4.79 Å². The Balaban J connectivity index is 1.56. The lowest BCUT2D eigenvalue weighted by Crippen LogP contribution is -2.32. The fourth-order valence-electron chi connectivity index (χ4n) is 3.59. The molecule has 4 rings (SSSR count). The van der Waals surface area contributed by atoms with E-state index in [1.807, 2.05) is 18.2 Å². The van der Waals surface area contributed by atoms with E-state index in [-0.39, 0.29) is 17.1 Å². The van der Waals surface area contributed by atoms with Crippen molar-refractivity contribution in [2.75, 3.05) is 5.32 Å². The molecule has 1 aliphatic carbocycles. The van der Waals surface area contributed by atoms with Gasteiger partial charge in [-0.15, -0.1) is 11.3 Å². The van der Waals surface area contributed by atoms with Gasteiger partial charge < -0.3 is 10.1 Å². The summed E-state index contributed by atoms with van der Waals surface area (Å²) in [6.45, 7) is 1.75. The fourth-order valence-corrected chi connectivity index (χ4v) is 5.03. The maximum Gasteiger partial charge on any atom is 0.339 e. The average molecular weight is 452 g/mol. The van der Waals surface area contributed by atoms with Crippen molar-refractivity contribution in [3.05, 3.63) is 70.0 Å². The van der Waals surface area contributed by atoms with Crippen molar-refractivity contribution in [1.82, 2.24) is 4.98 Å². The van der Waals surface area contributed by atoms with Crippen molar-refractivity contribution in [2.45, 2.75) is 32.3 Å². The predicted molar refractivity (Wildman–Crippen MR) is 119 cm³/mol. The molecule has 0 saturated heterocycles. The maximum atomic E-state index is 12.9. The molecule has 0 saturated carbocycles. The molecule has 1 unspecified atom stereocenters. The van der Waals surface area contributed by atoms with Crippen LogP contribution < -0.4 is 5.32 Å². The molecule has 0 fully saturated rings. The van der Waals surface area contributed by atoms with E-state index in [1.54, 1.807) is 6.92 Å². The highest BCUT2D eigenvalue weighted by molar-refractivity contribution is 7.20. The number of thiophene rings is 1. The van der Waals surface area contributed by atoms with Crippen LogP contribution in [0.2, 0.25) is 5.15 Å². The first-order valence-electron chi connectivity index (χ1n) is 9.79. The number of esters is 1. The van der Waals surface area contributed by atoms with E-state index in [1.165, 1.54) is 35.2 Å². The number of fused-ring (bicyclic) bond motifs is 3. The van der Waals surface area contributed by atoms with Crippen molar-refractivity contribution in [3.8, 4) is 16.5 Å². The number of hydrogen-bond donors (Lipinski definition) is 1. The number of pyridine rings is 1. The second-order valence-corrected chi connectivity index (χ2v) is 8.45. The lowest BCUT2D eigenvalue weighted by Gasteiger charge is -2.16. The number of nitriles is 1. The van der Waals surface area contributed by atoms with Gasteiger partial charge in [0.15, 0.2) is 6.10 Å². The third-order valence-electron chi connectivity index (χ3n) is 5.14. The highest BCUT2D eigenvalue weighted by atomic mass is 35.5. The zero-order valence-corrected chi connectivity index (χ0v) is 18.2. The third kappa shape index (κ3) is 4.18. The summed E-state index contributed by atoms with van der Waals surface area (Å²) in [6.07, 6.45) is 2.28. The van der Waals surface area contributed by atoms with Gasteiger partial charge in [0.05, 0.1) is 11.1 Å². The monoisotopic (exact) mass is 451 g/mol. The summed E-state index contributed by atoms with van der Waals surface area (Å²) in [5.41, 5.74) is 3.98. The van der Waals surface area contributed by atoms with E-state index in [9.17, 15) is 14.9 Å². The number of carbonyl (C=O) groups is 2. The Hall–Kier alpha value is -3.21. The number of nitrogens with zero attached hydrogens (tertiary/aromatic N) is 2. The van der Waals surface area contributed by atoms with Crippen molar-refractivity contribution in [1.29, 1.82) is 5.26 Å². The smallest absolute Gasteiger partial charge is 0.339 e. The Labute approximate surface area is 188 Å². The molecule has 2 aromatic heterocycles. The second kappa shape index (κ2) is 8.88. The van der Waals surface area contributed by atoms with Gasteiger partial charge in [0, 0.05) is 11.1 Å². The van der Waals surface area contributed by atoms with Crippen LogP contribution in [-0.2, 0) is 22.4 Å². The molecule has 0 spiro atoms. The van der Waals surface area contributed by atoms with Crippen LogP contribution in [0.1, 0.15) is 40.4 Å². The highest BCUT2D eigenvalue weighted by Gasteiger charge is 2.28. The van der Waals surface area contributed by atoms with Crippen molar-refractivity contribution < 1.29 is 14.3 Å². The summed E-state index contributed by atoms with van der Waals surface area (Å²) < 4.78 is 5.39. The second-order valence-electron chi connectivity index (χ2n) is 7.04. The van der Waals surface area contributed by atoms with Crippen LogP contribution in [0.4, 0.5) is 5.00 Å². The van der Waals surface area contributed by atoms with Crippen LogP contribution in [-0.4, -0.2) is 23.0 Å². The van der Waals surface area contributed by atoms with Gasteiger partial charge in [0.25, 0.3) is 5.91 Å². The largest absolute Gasteiger partial charge is 0.449 e. The normalized spacial score (nSPS) is 12.8. The quantitative estimate of drug-likeness (QED) is 0.435. The average Bonchev–Trinajstić information content (AvgIpc) is 3.14. The van der Waals surface area contributed by atoms with Gasteiger partial charge in [-0.2, -0.15) is 5.26 Å². The zero-order chi connectivity index (χ0) is 22.0. The van der Waals surface area contributed by atoms with Crippen molar-refractivity contribution in [3.63, 3.8) is 0 Å². The Kier molecular flexibility index (Phi) is 6.03. The number of aromatic nitrogens is 1. The van der Waals surface area contributed by atoms with E-state index in [2.05, 4.69) is 22.4 Å². The first-order valence-corrected chi connectivity index (χ1v) is 11.0.